The summed E-state index contributed by atoms with van der Waals surface area (Å²) >= 11 is 0. The molecule has 0 radical (unpaired) electrons. The van der Waals surface area contributed by atoms with Gasteiger partial charge < -0.3 is 9.47 Å². The molecular weight excluding hydrogens is 318 g/mol. The number of carbonyl (C=O) groups excluding carboxylic acids is 3. The minimum Gasteiger partial charge on any atom is -0.460 e. The molecule has 1 amide bonds. The number of hydrogen-bond acceptors (Lipinski definition) is 8. The molecule has 9 nitrogen and oxygen atoms in total. The Morgan fingerprint density at radius 2 is 1.96 bits per heavy atom. The van der Waals surface area contributed by atoms with E-state index >= 15 is 0 Å². The maximum absolute atomic E-state index is 11.7. The maximum Gasteiger partial charge on any atom is 0.413 e. The molecule has 0 bridgehead atoms. The predicted octanol–water partition coefficient (Wildman–Crippen LogP) is 2.50. The second-order valence-corrected chi connectivity index (χ2v) is 5.74. The second kappa shape index (κ2) is 8.14. The zero-order valence-corrected chi connectivity index (χ0v) is 13.9. The number of amides is 1. The van der Waals surface area contributed by atoms with Gasteiger partial charge in [-0.25, -0.2) is 14.6 Å². The van der Waals surface area contributed by atoms with Crippen molar-refractivity contribution in [1.82, 2.24) is 4.98 Å². The molecule has 0 atom stereocenters. The van der Waals surface area contributed by atoms with E-state index in [1.807, 2.05) is 0 Å². The molecule has 0 aliphatic heterocycles. The number of hydrogen-bond donors (Lipinski definition) is 1. The highest BCUT2D eigenvalue weighted by atomic mass is 16.6. The lowest BCUT2D eigenvalue weighted by atomic mass is 10.1. The predicted molar refractivity (Wildman–Crippen MR) is 84.9 cm³/mol. The molecule has 0 aliphatic rings. The van der Waals surface area contributed by atoms with E-state index in [-0.39, 0.29) is 23.7 Å². The zero-order chi connectivity index (χ0) is 18.3. The molecule has 1 heterocycles. The summed E-state index contributed by atoms with van der Waals surface area (Å²) in [6.45, 7) is 6.72. The lowest BCUT2D eigenvalue weighted by Gasteiger charge is -2.19. The van der Waals surface area contributed by atoms with E-state index in [4.69, 9.17) is 4.74 Å². The number of aromatic nitrogens is 1. The van der Waals surface area contributed by atoms with Crippen molar-refractivity contribution >= 4 is 29.4 Å². The van der Waals surface area contributed by atoms with Crippen LogP contribution >= 0.6 is 0 Å². The highest BCUT2D eigenvalue weighted by Gasteiger charge is 2.20. The van der Waals surface area contributed by atoms with E-state index in [1.54, 1.807) is 27.7 Å². The number of ketones is 1. The smallest absolute Gasteiger partial charge is 0.413 e. The number of carbonyl (C=O) groups is 3. The van der Waals surface area contributed by atoms with Gasteiger partial charge in [-0.1, -0.05) is 0 Å². The Morgan fingerprint density at radius 1 is 1.29 bits per heavy atom. The molecule has 0 unspecified atom stereocenters. The van der Waals surface area contributed by atoms with Crippen molar-refractivity contribution in [2.24, 2.45) is 5.18 Å². The lowest BCUT2D eigenvalue weighted by Crippen LogP contribution is -2.27. The van der Waals surface area contributed by atoms with Crippen LogP contribution in [-0.2, 0) is 25.5 Å². The van der Waals surface area contributed by atoms with Crippen LogP contribution in [0.1, 0.15) is 33.3 Å². The third-order valence-corrected chi connectivity index (χ3v) is 2.55. The van der Waals surface area contributed by atoms with Crippen LogP contribution in [0.5, 0.6) is 0 Å². The number of rotatable bonds is 6. The SMILES string of the molecule is CCOC(=O)C(=O)Cc1cc(NC(=O)OC(C)(C)C)ncc1N=O. The van der Waals surface area contributed by atoms with Gasteiger partial charge in [0.1, 0.15) is 17.1 Å². The fourth-order valence-corrected chi connectivity index (χ4v) is 1.65. The number of ether oxygens (including phenoxy) is 2. The molecule has 0 fully saturated rings. The molecule has 0 saturated carbocycles. The van der Waals surface area contributed by atoms with Gasteiger partial charge in [-0.05, 0) is 44.5 Å². The average Bonchev–Trinajstić information content (AvgIpc) is 2.45. The van der Waals surface area contributed by atoms with Crippen LogP contribution in [0.15, 0.2) is 17.4 Å². The topological polar surface area (TPSA) is 124 Å². The molecule has 0 aliphatic carbocycles. The van der Waals surface area contributed by atoms with Crippen molar-refractivity contribution in [3.05, 3.63) is 22.7 Å². The Balaban J connectivity index is 2.92. The highest BCUT2D eigenvalue weighted by molar-refractivity contribution is 6.34. The van der Waals surface area contributed by atoms with Gasteiger partial charge in [-0.3, -0.25) is 10.1 Å². The second-order valence-electron chi connectivity index (χ2n) is 5.74. The van der Waals surface area contributed by atoms with E-state index in [9.17, 15) is 19.3 Å². The molecule has 130 valence electrons. The van der Waals surface area contributed by atoms with Gasteiger partial charge in [0.05, 0.1) is 12.8 Å². The Hall–Kier alpha value is -2.84. The minimum atomic E-state index is -1.01. The standard InChI is InChI=1S/C15H19N3O6/c1-5-23-13(20)11(19)6-9-7-12(16-8-10(9)18-22)17-14(21)24-15(2,3)4/h7-8H,5-6H2,1-4H3,(H,16,17,21). The Bertz CT molecular complexity index is 651. The summed E-state index contributed by atoms with van der Waals surface area (Å²) in [6, 6.07) is 1.28. The first-order valence-corrected chi connectivity index (χ1v) is 7.18. The lowest BCUT2D eigenvalue weighted by molar-refractivity contribution is -0.153. The first-order chi connectivity index (χ1) is 11.2. The molecule has 9 heteroatoms. The van der Waals surface area contributed by atoms with Gasteiger partial charge in [0.15, 0.2) is 0 Å². The van der Waals surface area contributed by atoms with Crippen LogP contribution in [-0.4, -0.2) is 35.0 Å². The van der Waals surface area contributed by atoms with Gasteiger partial charge in [-0.15, -0.1) is 4.91 Å². The molecule has 0 spiro atoms. The summed E-state index contributed by atoms with van der Waals surface area (Å²) in [5.41, 5.74) is -0.664. The fourth-order valence-electron chi connectivity index (χ4n) is 1.65. The molecule has 24 heavy (non-hydrogen) atoms. The van der Waals surface area contributed by atoms with Crippen LogP contribution in [0.4, 0.5) is 16.3 Å². The molecule has 1 N–H and O–H groups in total. The summed E-state index contributed by atoms with van der Waals surface area (Å²) in [7, 11) is 0. The largest absolute Gasteiger partial charge is 0.460 e. The summed E-state index contributed by atoms with van der Waals surface area (Å²) in [4.78, 5) is 49.5. The van der Waals surface area contributed by atoms with Crippen molar-refractivity contribution in [3.8, 4) is 0 Å². The van der Waals surface area contributed by atoms with E-state index in [0.29, 0.717) is 0 Å². The number of pyridine rings is 1. The number of Topliss-reactive ketones (excluding diaryl/α,β-unsaturated/α-hetero) is 1. The number of nitrogens with one attached hydrogen (secondary N) is 1. The average molecular weight is 337 g/mol. The molecule has 1 aromatic heterocycles. The van der Waals surface area contributed by atoms with Crippen molar-refractivity contribution in [3.63, 3.8) is 0 Å². The number of esters is 1. The van der Waals surface area contributed by atoms with E-state index in [2.05, 4.69) is 20.2 Å². The minimum absolute atomic E-state index is 0.0586. The van der Waals surface area contributed by atoms with Crippen LogP contribution in [0.2, 0.25) is 0 Å². The Kier molecular flexibility index (Phi) is 6.51. The van der Waals surface area contributed by atoms with Crippen molar-refractivity contribution in [2.75, 3.05) is 11.9 Å². The van der Waals surface area contributed by atoms with Crippen molar-refractivity contribution in [1.29, 1.82) is 0 Å². The molecule has 0 saturated heterocycles. The first kappa shape index (κ1) is 19.2. The first-order valence-electron chi connectivity index (χ1n) is 7.18. The molecule has 1 rings (SSSR count). The van der Waals surface area contributed by atoms with Crippen LogP contribution in [0.25, 0.3) is 0 Å². The van der Waals surface area contributed by atoms with Crippen LogP contribution in [0.3, 0.4) is 0 Å². The summed E-state index contributed by atoms with van der Waals surface area (Å²) < 4.78 is 9.67. The summed E-state index contributed by atoms with van der Waals surface area (Å²) in [5, 5.41) is 5.12. The third kappa shape index (κ3) is 6.11. The van der Waals surface area contributed by atoms with E-state index in [0.717, 1.165) is 6.20 Å². The number of anilines is 1. The van der Waals surface area contributed by atoms with E-state index < -0.39 is 29.9 Å². The monoisotopic (exact) mass is 337 g/mol. The fraction of sp³-hybridized carbons (Fsp3) is 0.467. The van der Waals surface area contributed by atoms with Gasteiger partial charge in [0.2, 0.25) is 5.78 Å². The number of nitroso groups, excluding NO2 is 1. The van der Waals surface area contributed by atoms with Gasteiger partial charge in [-0.2, -0.15) is 0 Å². The van der Waals surface area contributed by atoms with Crippen molar-refractivity contribution in [2.45, 2.75) is 39.7 Å². The Labute approximate surface area is 138 Å². The molecular formula is C15H19N3O6. The quantitative estimate of drug-likeness (QED) is 0.480. The Morgan fingerprint density at radius 3 is 2.50 bits per heavy atom. The third-order valence-electron chi connectivity index (χ3n) is 2.55. The van der Waals surface area contributed by atoms with Gasteiger partial charge in [0.25, 0.3) is 0 Å². The van der Waals surface area contributed by atoms with Crippen LogP contribution in [0, 0.1) is 4.91 Å². The molecule has 0 aromatic carbocycles. The molecule has 1 aromatic rings. The normalized spacial score (nSPS) is 10.7. The summed E-state index contributed by atoms with van der Waals surface area (Å²) in [6.07, 6.45) is -0.0525. The van der Waals surface area contributed by atoms with E-state index in [1.165, 1.54) is 6.07 Å². The van der Waals surface area contributed by atoms with Gasteiger partial charge in [0, 0.05) is 6.42 Å². The van der Waals surface area contributed by atoms with Gasteiger partial charge >= 0.3 is 12.1 Å². The highest BCUT2D eigenvalue weighted by Crippen LogP contribution is 2.22. The van der Waals surface area contributed by atoms with Crippen LogP contribution < -0.4 is 5.32 Å². The number of nitrogens with zero attached hydrogens (tertiary/aromatic N) is 2. The summed E-state index contributed by atoms with van der Waals surface area (Å²) in [5.74, 6) is -1.78. The maximum atomic E-state index is 11.7. The van der Waals surface area contributed by atoms with Crippen molar-refractivity contribution < 1.29 is 23.9 Å². The zero-order valence-electron chi connectivity index (χ0n) is 13.9.